The highest BCUT2D eigenvalue weighted by molar-refractivity contribution is 5.69. The van der Waals surface area contributed by atoms with Gasteiger partial charge in [-0.1, -0.05) is 30.3 Å². The van der Waals surface area contributed by atoms with Crippen LogP contribution in [-0.4, -0.2) is 59.3 Å². The van der Waals surface area contributed by atoms with Crippen molar-refractivity contribution in [3.05, 3.63) is 58.9 Å². The topological polar surface area (TPSA) is 123 Å². The third-order valence-corrected chi connectivity index (χ3v) is 4.54. The molecule has 1 aliphatic rings. The molecule has 2 aromatic heterocycles. The first-order chi connectivity index (χ1) is 12.6. The van der Waals surface area contributed by atoms with Gasteiger partial charge in [0.25, 0.3) is 5.56 Å². The highest BCUT2D eigenvalue weighted by Gasteiger charge is 2.44. The molecule has 0 bridgehead atoms. The molecule has 0 saturated carbocycles. The molecule has 1 saturated heterocycles. The highest BCUT2D eigenvalue weighted by atomic mass is 16.6. The van der Waals surface area contributed by atoms with Crippen LogP contribution in [0.3, 0.4) is 0 Å². The summed E-state index contributed by atoms with van der Waals surface area (Å²) in [6.45, 7) is -0.0675. The fourth-order valence-electron chi connectivity index (χ4n) is 3.13. The molecular weight excluding hydrogens is 340 g/mol. The summed E-state index contributed by atoms with van der Waals surface area (Å²) < 4.78 is 8.32. The van der Waals surface area contributed by atoms with Gasteiger partial charge in [0.2, 0.25) is 0 Å². The minimum absolute atomic E-state index is 0.140. The summed E-state index contributed by atoms with van der Waals surface area (Å²) >= 11 is 0. The normalized spacial score (nSPS) is 25.8. The van der Waals surface area contributed by atoms with Crippen LogP contribution in [0.15, 0.2) is 47.8 Å². The van der Waals surface area contributed by atoms with Gasteiger partial charge in [0, 0.05) is 0 Å². The van der Waals surface area contributed by atoms with E-state index in [4.69, 9.17) is 4.74 Å². The highest BCUT2D eigenvalue weighted by Crippen LogP contribution is 2.30. The summed E-state index contributed by atoms with van der Waals surface area (Å²) in [5.74, 6) is 0. The quantitative estimate of drug-likeness (QED) is 0.561. The maximum Gasteiger partial charge on any atom is 0.281 e. The Bertz CT molecular complexity index is 970. The van der Waals surface area contributed by atoms with Crippen LogP contribution in [0.25, 0.3) is 11.2 Å². The summed E-state index contributed by atoms with van der Waals surface area (Å²) in [5.41, 5.74) is 1.03. The molecule has 0 radical (unpaired) electrons. The summed E-state index contributed by atoms with van der Waals surface area (Å²) in [7, 11) is 0. The van der Waals surface area contributed by atoms with Crippen LogP contribution in [0, 0.1) is 0 Å². The third-order valence-electron chi connectivity index (χ3n) is 4.54. The number of nitrogens with zero attached hydrogens (tertiary/aromatic N) is 4. The molecule has 4 rings (SSSR count). The molecule has 26 heavy (non-hydrogen) atoms. The van der Waals surface area contributed by atoms with Gasteiger partial charge in [0.15, 0.2) is 17.4 Å². The summed E-state index contributed by atoms with van der Waals surface area (Å²) in [6.07, 6.45) is -1.64. The number of ether oxygens (including phenoxy) is 1. The molecule has 4 atom stereocenters. The van der Waals surface area contributed by atoms with E-state index in [-0.39, 0.29) is 16.7 Å². The largest absolute Gasteiger partial charge is 0.394 e. The fourth-order valence-corrected chi connectivity index (χ4v) is 3.13. The molecule has 1 fully saturated rings. The van der Waals surface area contributed by atoms with E-state index in [2.05, 4.69) is 9.97 Å². The van der Waals surface area contributed by atoms with Crippen LogP contribution in [0.4, 0.5) is 0 Å². The third kappa shape index (κ3) is 2.71. The zero-order valence-corrected chi connectivity index (χ0v) is 13.7. The summed E-state index contributed by atoms with van der Waals surface area (Å²) in [5, 5.41) is 29.3. The van der Waals surface area contributed by atoms with Gasteiger partial charge in [-0.15, -0.1) is 0 Å². The lowest BCUT2D eigenvalue weighted by Gasteiger charge is -2.16. The van der Waals surface area contributed by atoms with Crippen molar-refractivity contribution in [3.63, 3.8) is 0 Å². The van der Waals surface area contributed by atoms with E-state index in [1.165, 1.54) is 21.8 Å². The summed E-state index contributed by atoms with van der Waals surface area (Å²) in [4.78, 5) is 21.1. The Hall–Kier alpha value is -2.59. The molecule has 3 N–H and O–H groups in total. The minimum Gasteiger partial charge on any atom is -0.394 e. The second-order valence-electron chi connectivity index (χ2n) is 6.22. The van der Waals surface area contributed by atoms with E-state index in [1.54, 1.807) is 0 Å². The van der Waals surface area contributed by atoms with Gasteiger partial charge in [-0.2, -0.15) is 0 Å². The van der Waals surface area contributed by atoms with Crippen molar-refractivity contribution in [2.45, 2.75) is 31.1 Å². The molecule has 0 unspecified atom stereocenters. The zero-order valence-electron chi connectivity index (χ0n) is 13.7. The van der Waals surface area contributed by atoms with Crippen LogP contribution >= 0.6 is 0 Å². The number of fused-ring (bicyclic) bond motifs is 1. The Balaban J connectivity index is 1.70. The molecule has 1 aromatic carbocycles. The SMILES string of the molecule is O=c1c2ncn([C@@H]3O[C@H](CO)[C@H](O)[C@H]3O)c2ncn1Cc1ccccc1. The molecule has 0 spiro atoms. The van der Waals surface area contributed by atoms with E-state index >= 15 is 0 Å². The number of hydrogen-bond acceptors (Lipinski definition) is 7. The first-order valence-electron chi connectivity index (χ1n) is 8.18. The number of rotatable bonds is 4. The molecular formula is C17H18N4O5. The fraction of sp³-hybridized carbons (Fsp3) is 0.353. The average molecular weight is 358 g/mol. The molecule has 136 valence electrons. The van der Waals surface area contributed by atoms with Crippen LogP contribution in [0.5, 0.6) is 0 Å². The maximum atomic E-state index is 12.7. The van der Waals surface area contributed by atoms with E-state index < -0.39 is 31.1 Å². The van der Waals surface area contributed by atoms with Crippen LogP contribution < -0.4 is 5.56 Å². The van der Waals surface area contributed by atoms with Gasteiger partial charge in [0.05, 0.1) is 19.5 Å². The van der Waals surface area contributed by atoms with Crippen molar-refractivity contribution < 1.29 is 20.1 Å². The number of aliphatic hydroxyl groups excluding tert-OH is 3. The van der Waals surface area contributed by atoms with Crippen molar-refractivity contribution in [2.24, 2.45) is 0 Å². The van der Waals surface area contributed by atoms with Crippen LogP contribution in [0.1, 0.15) is 11.8 Å². The van der Waals surface area contributed by atoms with Crippen molar-refractivity contribution in [3.8, 4) is 0 Å². The lowest BCUT2D eigenvalue weighted by atomic mass is 10.1. The van der Waals surface area contributed by atoms with Gasteiger partial charge in [-0.3, -0.25) is 13.9 Å². The second-order valence-corrected chi connectivity index (χ2v) is 6.22. The van der Waals surface area contributed by atoms with Crippen molar-refractivity contribution in [2.75, 3.05) is 6.61 Å². The van der Waals surface area contributed by atoms with E-state index in [0.717, 1.165) is 5.56 Å². The van der Waals surface area contributed by atoms with E-state index in [9.17, 15) is 20.1 Å². The average Bonchev–Trinajstić information content (AvgIpc) is 3.20. The van der Waals surface area contributed by atoms with Gasteiger partial charge in [-0.05, 0) is 5.56 Å². The minimum atomic E-state index is -1.27. The Morgan fingerprint density at radius 1 is 1.08 bits per heavy atom. The molecule has 0 amide bonds. The van der Waals surface area contributed by atoms with Crippen molar-refractivity contribution in [1.82, 2.24) is 19.1 Å². The standard InChI is InChI=1S/C17H18N4O5/c22-7-11-13(23)14(24)17(26-11)21-9-18-12-15(21)19-8-20(16(12)25)6-10-4-2-1-3-5-10/h1-5,8-9,11,13-14,17,22-24H,6-7H2/t11-,13+,14-,17-/m1/s1. The lowest BCUT2D eigenvalue weighted by Crippen LogP contribution is -2.33. The zero-order chi connectivity index (χ0) is 18.3. The van der Waals surface area contributed by atoms with E-state index in [0.29, 0.717) is 6.54 Å². The van der Waals surface area contributed by atoms with Gasteiger partial charge in [-0.25, -0.2) is 9.97 Å². The smallest absolute Gasteiger partial charge is 0.281 e. The summed E-state index contributed by atoms with van der Waals surface area (Å²) in [6, 6.07) is 9.50. The number of benzene rings is 1. The maximum absolute atomic E-state index is 12.7. The Labute approximate surface area is 147 Å². The Morgan fingerprint density at radius 3 is 2.54 bits per heavy atom. The number of imidazole rings is 1. The van der Waals surface area contributed by atoms with Crippen molar-refractivity contribution in [1.29, 1.82) is 0 Å². The molecule has 9 heteroatoms. The Morgan fingerprint density at radius 2 is 1.85 bits per heavy atom. The van der Waals surface area contributed by atoms with Gasteiger partial charge >= 0.3 is 0 Å². The monoisotopic (exact) mass is 358 g/mol. The molecule has 0 aliphatic carbocycles. The molecule has 3 aromatic rings. The van der Waals surface area contributed by atoms with Crippen LogP contribution in [0.2, 0.25) is 0 Å². The van der Waals surface area contributed by atoms with Gasteiger partial charge in [0.1, 0.15) is 24.6 Å². The molecule has 3 heterocycles. The first kappa shape index (κ1) is 16.9. The Kier molecular flexibility index (Phi) is 4.29. The van der Waals surface area contributed by atoms with E-state index in [1.807, 2.05) is 30.3 Å². The number of aromatic nitrogens is 4. The number of aliphatic hydroxyl groups is 3. The molecule has 9 nitrogen and oxygen atoms in total. The van der Waals surface area contributed by atoms with Crippen LogP contribution in [-0.2, 0) is 11.3 Å². The van der Waals surface area contributed by atoms with Crippen molar-refractivity contribution >= 4 is 11.2 Å². The number of hydrogen-bond donors (Lipinski definition) is 3. The first-order valence-corrected chi connectivity index (χ1v) is 8.18. The lowest BCUT2D eigenvalue weighted by molar-refractivity contribution is -0.0511. The molecule has 1 aliphatic heterocycles. The van der Waals surface area contributed by atoms with Gasteiger partial charge < -0.3 is 20.1 Å². The predicted octanol–water partition coefficient (Wildman–Crippen LogP) is -0.747. The second kappa shape index (κ2) is 6.61. The predicted molar refractivity (Wildman–Crippen MR) is 90.3 cm³/mol.